The lowest BCUT2D eigenvalue weighted by Gasteiger charge is -2.12. The Morgan fingerprint density at radius 3 is 0.737 bits per heavy atom. The van der Waals surface area contributed by atoms with Gasteiger partial charge in [0.1, 0.15) is 0 Å². The van der Waals surface area contributed by atoms with Crippen LogP contribution >= 0.6 is 0 Å². The first kappa shape index (κ1) is 37.5. The Bertz CT molecular complexity index is 447. The third-order valence-electron chi connectivity index (χ3n) is 8.66. The van der Waals surface area contributed by atoms with E-state index in [1.807, 2.05) is 0 Å². The minimum absolute atomic E-state index is 0.0964. The third kappa shape index (κ3) is 30.0. The van der Waals surface area contributed by atoms with E-state index in [0.29, 0.717) is 0 Å². The molecule has 228 valence electrons. The molecule has 2 nitrogen and oxygen atoms in total. The van der Waals surface area contributed by atoms with Gasteiger partial charge < -0.3 is 5.11 Å². The Morgan fingerprint density at radius 2 is 0.553 bits per heavy atom. The zero-order chi connectivity index (χ0) is 27.8. The predicted molar refractivity (Wildman–Crippen MR) is 170 cm³/mol. The second kappa shape index (κ2) is 32.7. The first-order valence-corrected chi connectivity index (χ1v) is 17.9. The molecule has 0 aliphatic heterocycles. The van der Waals surface area contributed by atoms with Crippen LogP contribution < -0.4 is 0 Å². The molecule has 2 heteroatoms. The van der Waals surface area contributed by atoms with E-state index < -0.39 is 5.97 Å². The number of carboxylic acid groups (broad SMARTS) is 1. The second-order valence-electron chi connectivity index (χ2n) is 12.5. The summed E-state index contributed by atoms with van der Waals surface area (Å²) in [5.74, 6) is -0.659. The Kier molecular flexibility index (Phi) is 32.2. The maximum Gasteiger partial charge on any atom is 0.306 e. The molecule has 38 heavy (non-hydrogen) atoms. The average Bonchev–Trinajstić information content (AvgIpc) is 2.91. The predicted octanol–water partition coefficient (Wildman–Crippen LogP) is 13.2. The van der Waals surface area contributed by atoms with Crippen molar-refractivity contribution in [3.05, 3.63) is 0 Å². The summed E-state index contributed by atoms with van der Waals surface area (Å²) in [6.07, 6.45) is 43.1. The van der Waals surface area contributed by atoms with E-state index in [0.717, 1.165) is 25.7 Å². The first-order valence-electron chi connectivity index (χ1n) is 17.9. The number of hydrogen-bond acceptors (Lipinski definition) is 1. The van der Waals surface area contributed by atoms with Gasteiger partial charge >= 0.3 is 5.97 Å². The Hall–Kier alpha value is -0.530. The molecule has 0 amide bonds. The highest BCUT2D eigenvalue weighted by molar-refractivity contribution is 5.69. The second-order valence-corrected chi connectivity index (χ2v) is 12.5. The van der Waals surface area contributed by atoms with Gasteiger partial charge in [-0.15, -0.1) is 0 Å². The number of rotatable bonds is 33. The highest BCUT2D eigenvalue weighted by Crippen LogP contribution is 2.20. The molecule has 0 saturated heterocycles. The van der Waals surface area contributed by atoms with Crippen molar-refractivity contribution in [1.82, 2.24) is 0 Å². The van der Waals surface area contributed by atoms with Crippen molar-refractivity contribution < 1.29 is 9.90 Å². The summed E-state index contributed by atoms with van der Waals surface area (Å²) in [5, 5.41) is 9.50. The molecule has 1 atom stereocenters. The molecule has 0 aromatic rings. The Balaban J connectivity index is 3.25. The van der Waals surface area contributed by atoms with Crippen molar-refractivity contribution in [2.24, 2.45) is 5.92 Å². The van der Waals surface area contributed by atoms with E-state index in [1.165, 1.54) is 180 Å². The monoisotopic (exact) mass is 537 g/mol. The quantitative estimate of drug-likeness (QED) is 0.0847. The smallest absolute Gasteiger partial charge is 0.306 e. The Morgan fingerprint density at radius 1 is 0.368 bits per heavy atom. The molecule has 0 aromatic heterocycles. The maximum absolute atomic E-state index is 11.5. The number of carboxylic acids is 1. The zero-order valence-electron chi connectivity index (χ0n) is 26.6. The molecule has 0 rings (SSSR count). The fourth-order valence-electron chi connectivity index (χ4n) is 5.92. The largest absolute Gasteiger partial charge is 0.481 e. The van der Waals surface area contributed by atoms with E-state index >= 15 is 0 Å². The first-order chi connectivity index (χ1) is 18.7. The lowest BCUT2D eigenvalue weighted by molar-refractivity contribution is -0.142. The molecule has 0 bridgehead atoms. The van der Waals surface area contributed by atoms with Gasteiger partial charge in [0, 0.05) is 0 Å². The van der Waals surface area contributed by atoms with Crippen LogP contribution in [0.2, 0.25) is 0 Å². The van der Waals surface area contributed by atoms with Gasteiger partial charge in [0.15, 0.2) is 0 Å². The van der Waals surface area contributed by atoms with E-state index in [4.69, 9.17) is 0 Å². The van der Waals surface area contributed by atoms with Crippen LogP contribution in [0.4, 0.5) is 0 Å². The SMILES string of the molecule is CCCCCCCCCCCCCCCCCCCCCCCCCCC(CCCCCCCC)C(=O)O. The molecular formula is C36H72O2. The fourth-order valence-corrected chi connectivity index (χ4v) is 5.92. The van der Waals surface area contributed by atoms with Gasteiger partial charge in [-0.2, -0.15) is 0 Å². The number of unbranched alkanes of at least 4 members (excludes halogenated alkanes) is 28. The maximum atomic E-state index is 11.5. The van der Waals surface area contributed by atoms with Crippen molar-refractivity contribution in [3.63, 3.8) is 0 Å². The van der Waals surface area contributed by atoms with Gasteiger partial charge in [0.2, 0.25) is 0 Å². The average molecular weight is 537 g/mol. The van der Waals surface area contributed by atoms with Crippen LogP contribution in [0.1, 0.15) is 219 Å². The topological polar surface area (TPSA) is 37.3 Å². The molecule has 0 radical (unpaired) electrons. The van der Waals surface area contributed by atoms with Gasteiger partial charge in [-0.25, -0.2) is 0 Å². The molecular weight excluding hydrogens is 464 g/mol. The summed E-state index contributed by atoms with van der Waals surface area (Å²) in [6, 6.07) is 0. The molecule has 1 N–H and O–H groups in total. The van der Waals surface area contributed by atoms with E-state index in [9.17, 15) is 9.90 Å². The molecule has 0 aliphatic carbocycles. The molecule has 0 heterocycles. The van der Waals surface area contributed by atoms with Gasteiger partial charge in [-0.1, -0.05) is 206 Å². The third-order valence-corrected chi connectivity index (χ3v) is 8.66. The van der Waals surface area contributed by atoms with Crippen LogP contribution in [-0.2, 0) is 4.79 Å². The lowest BCUT2D eigenvalue weighted by atomic mass is 9.94. The van der Waals surface area contributed by atoms with Crippen LogP contribution in [0, 0.1) is 5.92 Å². The molecule has 1 unspecified atom stereocenters. The minimum atomic E-state index is -0.562. The molecule has 0 spiro atoms. The summed E-state index contributed by atoms with van der Waals surface area (Å²) in [7, 11) is 0. The van der Waals surface area contributed by atoms with Crippen LogP contribution in [0.25, 0.3) is 0 Å². The molecule has 0 saturated carbocycles. The van der Waals surface area contributed by atoms with Gasteiger partial charge in [-0.05, 0) is 12.8 Å². The van der Waals surface area contributed by atoms with Crippen molar-refractivity contribution in [2.45, 2.75) is 219 Å². The van der Waals surface area contributed by atoms with Crippen LogP contribution in [-0.4, -0.2) is 11.1 Å². The highest BCUT2D eigenvalue weighted by Gasteiger charge is 2.16. The summed E-state index contributed by atoms with van der Waals surface area (Å²) in [6.45, 7) is 4.54. The summed E-state index contributed by atoms with van der Waals surface area (Å²) in [4.78, 5) is 11.5. The van der Waals surface area contributed by atoms with Crippen molar-refractivity contribution >= 4 is 5.97 Å². The normalized spacial score (nSPS) is 12.3. The van der Waals surface area contributed by atoms with Crippen molar-refractivity contribution in [1.29, 1.82) is 0 Å². The summed E-state index contributed by atoms with van der Waals surface area (Å²) < 4.78 is 0. The summed E-state index contributed by atoms with van der Waals surface area (Å²) in [5.41, 5.74) is 0. The number of hydrogen-bond donors (Lipinski definition) is 1. The minimum Gasteiger partial charge on any atom is -0.481 e. The van der Waals surface area contributed by atoms with Crippen molar-refractivity contribution in [2.75, 3.05) is 0 Å². The van der Waals surface area contributed by atoms with Crippen LogP contribution in [0.15, 0.2) is 0 Å². The zero-order valence-corrected chi connectivity index (χ0v) is 26.6. The van der Waals surface area contributed by atoms with Gasteiger partial charge in [0.25, 0.3) is 0 Å². The fraction of sp³-hybridized carbons (Fsp3) is 0.972. The molecule has 0 aromatic carbocycles. The van der Waals surface area contributed by atoms with Crippen LogP contribution in [0.3, 0.4) is 0 Å². The number of aliphatic carboxylic acids is 1. The Labute approximate surface area is 240 Å². The standard InChI is InChI=1S/C36H72O2/c1-3-5-7-9-11-12-13-14-15-16-17-18-19-20-21-22-23-24-25-26-27-28-30-32-34-35(36(37)38)33-31-29-10-8-6-4-2/h35H,3-34H2,1-2H3,(H,37,38). The molecule has 0 fully saturated rings. The summed E-state index contributed by atoms with van der Waals surface area (Å²) >= 11 is 0. The van der Waals surface area contributed by atoms with Crippen LogP contribution in [0.5, 0.6) is 0 Å². The highest BCUT2D eigenvalue weighted by atomic mass is 16.4. The van der Waals surface area contributed by atoms with E-state index in [2.05, 4.69) is 13.8 Å². The van der Waals surface area contributed by atoms with Gasteiger partial charge in [-0.3, -0.25) is 4.79 Å². The van der Waals surface area contributed by atoms with Crippen molar-refractivity contribution in [3.8, 4) is 0 Å². The van der Waals surface area contributed by atoms with E-state index in [-0.39, 0.29) is 5.92 Å². The van der Waals surface area contributed by atoms with Gasteiger partial charge in [0.05, 0.1) is 5.92 Å². The molecule has 0 aliphatic rings. The number of carbonyl (C=O) groups is 1. The van der Waals surface area contributed by atoms with E-state index in [1.54, 1.807) is 0 Å². The lowest BCUT2D eigenvalue weighted by Crippen LogP contribution is -2.13.